The molecule has 1 nitrogen and oxygen atoms in total. The van der Waals surface area contributed by atoms with Gasteiger partial charge in [0.1, 0.15) is 11.3 Å². The van der Waals surface area contributed by atoms with E-state index in [9.17, 15) is 0 Å². The average molecular weight is 375 g/mol. The van der Waals surface area contributed by atoms with Crippen LogP contribution in [0, 0.1) is 3.57 Å². The first-order valence-corrected chi connectivity index (χ1v) is 6.70. The summed E-state index contributed by atoms with van der Waals surface area (Å²) in [6, 6.07) is 6.33. The van der Waals surface area contributed by atoms with Crippen LogP contribution in [0.5, 0.6) is 0 Å². The lowest BCUT2D eigenvalue weighted by atomic mass is 10.0. The van der Waals surface area contributed by atoms with E-state index >= 15 is 0 Å². The lowest BCUT2D eigenvalue weighted by molar-refractivity contribution is 0.594. The van der Waals surface area contributed by atoms with Crippen LogP contribution in [-0.4, -0.2) is 0 Å². The Hall–Kier alpha value is -0.290. The topological polar surface area (TPSA) is 13.1 Å². The molecule has 1 aromatic carbocycles. The van der Waals surface area contributed by atoms with Gasteiger partial charge in [-0.1, -0.05) is 6.08 Å². The zero-order valence-corrected chi connectivity index (χ0v) is 11.6. The highest BCUT2D eigenvalue weighted by Crippen LogP contribution is 2.38. The Morgan fingerprint density at radius 2 is 2.20 bits per heavy atom. The van der Waals surface area contributed by atoms with Crippen LogP contribution in [-0.2, 0) is 6.42 Å². The number of halogens is 2. The van der Waals surface area contributed by atoms with E-state index in [1.54, 1.807) is 0 Å². The van der Waals surface area contributed by atoms with Gasteiger partial charge in [-0.15, -0.1) is 0 Å². The van der Waals surface area contributed by atoms with Crippen molar-refractivity contribution in [2.75, 3.05) is 0 Å². The predicted octanol–water partition coefficient (Wildman–Crippen LogP) is 4.72. The molecule has 1 heterocycles. The van der Waals surface area contributed by atoms with Crippen LogP contribution in [0.1, 0.15) is 17.7 Å². The summed E-state index contributed by atoms with van der Waals surface area (Å²) < 4.78 is 8.19. The summed E-state index contributed by atoms with van der Waals surface area (Å²) in [5.74, 6) is 1.01. The molecule has 2 aromatic rings. The van der Waals surface area contributed by atoms with E-state index in [-0.39, 0.29) is 0 Å². The molecule has 0 N–H and O–H groups in total. The molecule has 3 heteroatoms. The van der Waals surface area contributed by atoms with Crippen molar-refractivity contribution in [2.24, 2.45) is 0 Å². The normalized spacial score (nSPS) is 15.2. The Morgan fingerprint density at radius 3 is 3.07 bits per heavy atom. The standard InChI is InChI=1S/C12H8BrIO/c13-10-3-1-2-8-9-6-7(14)4-5-11(9)15-12(8)10/h3-6H,1-2H2. The molecule has 0 atom stereocenters. The third-order valence-corrected chi connectivity index (χ3v) is 4.04. The quantitative estimate of drug-likeness (QED) is 0.608. The molecule has 1 aromatic heterocycles. The van der Waals surface area contributed by atoms with Crippen molar-refractivity contribution < 1.29 is 4.42 Å². The number of hydrogen-bond donors (Lipinski definition) is 0. The Labute approximate surface area is 110 Å². The summed E-state index contributed by atoms with van der Waals surface area (Å²) >= 11 is 5.89. The van der Waals surface area contributed by atoms with Gasteiger partial charge in [-0.05, 0) is 69.6 Å². The van der Waals surface area contributed by atoms with E-state index in [0.717, 1.165) is 28.7 Å². The van der Waals surface area contributed by atoms with E-state index in [4.69, 9.17) is 4.42 Å². The molecule has 1 aliphatic carbocycles. The summed E-state index contributed by atoms with van der Waals surface area (Å²) in [5, 5.41) is 1.27. The molecular weight excluding hydrogens is 367 g/mol. The van der Waals surface area contributed by atoms with Gasteiger partial charge in [0, 0.05) is 14.5 Å². The Balaban J connectivity index is 2.38. The molecule has 0 unspecified atom stereocenters. The molecule has 3 rings (SSSR count). The molecule has 0 fully saturated rings. The first-order valence-electron chi connectivity index (χ1n) is 4.82. The van der Waals surface area contributed by atoms with Gasteiger partial charge in [0.15, 0.2) is 0 Å². The number of allylic oxidation sites excluding steroid dienone is 1. The van der Waals surface area contributed by atoms with Crippen LogP contribution in [0.4, 0.5) is 0 Å². The zero-order valence-electron chi connectivity index (χ0n) is 7.89. The molecule has 0 radical (unpaired) electrons. The van der Waals surface area contributed by atoms with E-state index in [1.807, 2.05) is 0 Å². The maximum absolute atomic E-state index is 5.84. The molecule has 0 saturated heterocycles. The van der Waals surface area contributed by atoms with Gasteiger partial charge in [0.05, 0.1) is 4.48 Å². The van der Waals surface area contributed by atoms with Crippen LogP contribution in [0.25, 0.3) is 15.5 Å². The summed E-state index contributed by atoms with van der Waals surface area (Å²) in [6.45, 7) is 0. The van der Waals surface area contributed by atoms with Crippen LogP contribution >= 0.6 is 38.5 Å². The maximum atomic E-state index is 5.84. The van der Waals surface area contributed by atoms with Crippen molar-refractivity contribution >= 4 is 54.0 Å². The minimum atomic E-state index is 0.993. The largest absolute Gasteiger partial charge is 0.455 e. The van der Waals surface area contributed by atoms with Gasteiger partial charge in [-0.2, -0.15) is 0 Å². The monoisotopic (exact) mass is 374 g/mol. The lowest BCUT2D eigenvalue weighted by Gasteiger charge is -2.06. The fourth-order valence-electron chi connectivity index (χ4n) is 2.00. The smallest absolute Gasteiger partial charge is 0.145 e. The molecule has 0 spiro atoms. The number of fused-ring (bicyclic) bond motifs is 3. The molecule has 1 aliphatic rings. The van der Waals surface area contributed by atoms with E-state index in [1.165, 1.54) is 14.5 Å². The molecule has 15 heavy (non-hydrogen) atoms. The fourth-order valence-corrected chi connectivity index (χ4v) is 3.04. The van der Waals surface area contributed by atoms with Crippen molar-refractivity contribution in [2.45, 2.75) is 12.8 Å². The minimum absolute atomic E-state index is 0.993. The molecule has 0 saturated carbocycles. The maximum Gasteiger partial charge on any atom is 0.145 e. The highest BCUT2D eigenvalue weighted by atomic mass is 127. The summed E-state index contributed by atoms with van der Waals surface area (Å²) in [4.78, 5) is 0. The van der Waals surface area contributed by atoms with Crippen LogP contribution in [0.15, 0.2) is 28.7 Å². The molecule has 76 valence electrons. The fraction of sp³-hybridized carbons (Fsp3) is 0.167. The number of aryl methyl sites for hydroxylation is 1. The van der Waals surface area contributed by atoms with Gasteiger partial charge < -0.3 is 4.42 Å². The number of furan rings is 1. The Kier molecular flexibility index (Phi) is 2.39. The zero-order chi connectivity index (χ0) is 10.4. The first kappa shape index (κ1) is 9.90. The van der Waals surface area contributed by atoms with Gasteiger partial charge in [-0.3, -0.25) is 0 Å². The Morgan fingerprint density at radius 1 is 1.33 bits per heavy atom. The Bertz CT molecular complexity index is 568. The average Bonchev–Trinajstić information content (AvgIpc) is 2.58. The predicted molar refractivity (Wildman–Crippen MR) is 74.2 cm³/mol. The van der Waals surface area contributed by atoms with Crippen molar-refractivity contribution in [3.63, 3.8) is 0 Å². The van der Waals surface area contributed by atoms with Crippen LogP contribution in [0.2, 0.25) is 0 Å². The second-order valence-electron chi connectivity index (χ2n) is 3.64. The highest BCUT2D eigenvalue weighted by molar-refractivity contribution is 14.1. The highest BCUT2D eigenvalue weighted by Gasteiger charge is 2.18. The summed E-state index contributed by atoms with van der Waals surface area (Å²) in [6.07, 6.45) is 4.35. The number of benzene rings is 1. The molecule has 0 amide bonds. The van der Waals surface area contributed by atoms with Crippen LogP contribution < -0.4 is 0 Å². The molecular formula is C12H8BrIO. The first-order chi connectivity index (χ1) is 7.25. The van der Waals surface area contributed by atoms with Gasteiger partial charge >= 0.3 is 0 Å². The van der Waals surface area contributed by atoms with E-state index in [0.29, 0.717) is 0 Å². The minimum Gasteiger partial charge on any atom is -0.455 e. The number of rotatable bonds is 0. The van der Waals surface area contributed by atoms with Crippen LogP contribution in [0.3, 0.4) is 0 Å². The lowest BCUT2D eigenvalue weighted by Crippen LogP contribution is -1.92. The number of hydrogen-bond acceptors (Lipinski definition) is 1. The third-order valence-electron chi connectivity index (χ3n) is 2.69. The van der Waals surface area contributed by atoms with Gasteiger partial charge in [0.2, 0.25) is 0 Å². The molecule has 0 bridgehead atoms. The SMILES string of the molecule is BrC1=CCCc2c1oc1ccc(I)cc21. The van der Waals surface area contributed by atoms with E-state index in [2.05, 4.69) is 62.8 Å². The summed E-state index contributed by atoms with van der Waals surface area (Å²) in [5.41, 5.74) is 2.34. The van der Waals surface area contributed by atoms with Crippen molar-refractivity contribution in [1.82, 2.24) is 0 Å². The van der Waals surface area contributed by atoms with Crippen molar-refractivity contribution in [3.05, 3.63) is 39.2 Å². The van der Waals surface area contributed by atoms with Gasteiger partial charge in [-0.25, -0.2) is 0 Å². The van der Waals surface area contributed by atoms with Crippen molar-refractivity contribution in [3.8, 4) is 0 Å². The second kappa shape index (κ2) is 3.63. The second-order valence-corrected chi connectivity index (χ2v) is 5.74. The molecule has 0 aliphatic heterocycles. The van der Waals surface area contributed by atoms with E-state index < -0.39 is 0 Å². The summed E-state index contributed by atoms with van der Waals surface area (Å²) in [7, 11) is 0. The van der Waals surface area contributed by atoms with Gasteiger partial charge in [0.25, 0.3) is 0 Å². The van der Waals surface area contributed by atoms with Crippen molar-refractivity contribution in [1.29, 1.82) is 0 Å². The third kappa shape index (κ3) is 1.56.